The molecule has 0 fully saturated rings. The van der Waals surface area contributed by atoms with E-state index >= 15 is 0 Å². The molecule has 0 spiro atoms. The van der Waals surface area contributed by atoms with E-state index in [0.717, 1.165) is 0 Å². The van der Waals surface area contributed by atoms with E-state index in [0.29, 0.717) is 10.9 Å². The molecule has 6 heteroatoms. The van der Waals surface area contributed by atoms with E-state index in [1.807, 2.05) is 0 Å². The second-order valence-corrected chi connectivity index (χ2v) is 4.13. The fourth-order valence-corrected chi connectivity index (χ4v) is 2.06. The Morgan fingerprint density at radius 3 is 2.30 bits per heavy atom. The number of fused-ring (bicyclic) bond motifs is 1. The van der Waals surface area contributed by atoms with Gasteiger partial charge in [0.2, 0.25) is 5.91 Å². The van der Waals surface area contributed by atoms with E-state index in [4.69, 9.17) is 4.74 Å². The molecule has 0 radical (unpaired) electrons. The van der Waals surface area contributed by atoms with Crippen molar-refractivity contribution in [3.8, 4) is 5.75 Å². The molecule has 6 nitrogen and oxygen atoms in total. The van der Waals surface area contributed by atoms with Crippen LogP contribution in [-0.4, -0.2) is 29.5 Å². The van der Waals surface area contributed by atoms with Gasteiger partial charge in [0.05, 0.1) is 12.6 Å². The third-order valence-electron chi connectivity index (χ3n) is 2.77. The normalized spacial score (nSPS) is 10.3. The molecular weight excluding hydrogens is 262 g/mol. The minimum atomic E-state index is -0.743. The Morgan fingerprint density at radius 1 is 1.10 bits per heavy atom. The van der Waals surface area contributed by atoms with Gasteiger partial charge in [-0.15, -0.1) is 0 Å². The van der Waals surface area contributed by atoms with Crippen LogP contribution in [0.4, 0.5) is 0 Å². The molecule has 2 rings (SSSR count). The number of methoxy groups -OCH3 is 1. The van der Waals surface area contributed by atoms with Crippen LogP contribution in [0.15, 0.2) is 24.3 Å². The van der Waals surface area contributed by atoms with Gasteiger partial charge in [-0.2, -0.15) is 0 Å². The van der Waals surface area contributed by atoms with Crippen LogP contribution in [0.25, 0.3) is 10.9 Å². The highest BCUT2D eigenvalue weighted by atomic mass is 16.5. The molecule has 1 aromatic carbocycles. The van der Waals surface area contributed by atoms with Crippen molar-refractivity contribution in [2.45, 2.75) is 13.8 Å². The second kappa shape index (κ2) is 5.16. The summed E-state index contributed by atoms with van der Waals surface area (Å²) in [5, 5.41) is 0.498. The van der Waals surface area contributed by atoms with E-state index < -0.39 is 11.9 Å². The van der Waals surface area contributed by atoms with Crippen molar-refractivity contribution in [2.24, 2.45) is 0 Å². The van der Waals surface area contributed by atoms with E-state index in [2.05, 4.69) is 4.74 Å². The first-order valence-corrected chi connectivity index (χ1v) is 5.88. The lowest BCUT2D eigenvalue weighted by atomic mass is 10.2. The fraction of sp³-hybridized carbons (Fsp3) is 0.214. The molecule has 0 aliphatic carbocycles. The van der Waals surface area contributed by atoms with Crippen molar-refractivity contribution < 1.29 is 23.9 Å². The Labute approximate surface area is 114 Å². The zero-order chi connectivity index (χ0) is 14.9. The SMILES string of the molecule is COC(=O)c1c(OC(C)=O)c2ccccc2n1C(C)=O. The molecule has 0 amide bonds. The highest BCUT2D eigenvalue weighted by Crippen LogP contribution is 2.33. The molecular formula is C14H13NO5. The first-order valence-electron chi connectivity index (χ1n) is 5.88. The molecule has 1 heterocycles. The smallest absolute Gasteiger partial charge is 0.359 e. The van der Waals surface area contributed by atoms with E-state index in [1.54, 1.807) is 24.3 Å². The molecule has 0 saturated heterocycles. The summed E-state index contributed by atoms with van der Waals surface area (Å²) in [5.41, 5.74) is 0.396. The van der Waals surface area contributed by atoms with Crippen molar-refractivity contribution in [3.05, 3.63) is 30.0 Å². The lowest BCUT2D eigenvalue weighted by molar-refractivity contribution is -0.131. The maximum atomic E-state index is 11.9. The minimum absolute atomic E-state index is 0.0372. The number of para-hydroxylation sites is 1. The summed E-state index contributed by atoms with van der Waals surface area (Å²) in [6, 6.07) is 6.77. The molecule has 0 aliphatic rings. The van der Waals surface area contributed by atoms with Crippen LogP contribution in [-0.2, 0) is 9.53 Å². The predicted molar refractivity (Wildman–Crippen MR) is 70.9 cm³/mol. The third kappa shape index (κ3) is 2.16. The van der Waals surface area contributed by atoms with Crippen LogP contribution < -0.4 is 4.74 Å². The van der Waals surface area contributed by atoms with Crippen molar-refractivity contribution >= 4 is 28.7 Å². The Bertz CT molecular complexity index is 714. The molecule has 0 bridgehead atoms. The van der Waals surface area contributed by atoms with Gasteiger partial charge in [0.15, 0.2) is 11.4 Å². The van der Waals surface area contributed by atoms with Crippen LogP contribution >= 0.6 is 0 Å². The summed E-state index contributed by atoms with van der Waals surface area (Å²) in [7, 11) is 1.20. The van der Waals surface area contributed by atoms with Crippen molar-refractivity contribution in [1.82, 2.24) is 4.57 Å². The first kappa shape index (κ1) is 13.8. The molecule has 2 aromatic rings. The topological polar surface area (TPSA) is 74.6 Å². The summed E-state index contributed by atoms with van der Waals surface area (Å²) < 4.78 is 11.0. The number of carbonyl (C=O) groups excluding carboxylic acids is 3. The second-order valence-electron chi connectivity index (χ2n) is 4.13. The van der Waals surface area contributed by atoms with Crippen LogP contribution in [0.1, 0.15) is 29.1 Å². The highest BCUT2D eigenvalue weighted by molar-refractivity contribution is 6.08. The Balaban J connectivity index is 2.88. The molecule has 0 N–H and O–H groups in total. The number of ether oxygens (including phenoxy) is 2. The number of hydrogen-bond acceptors (Lipinski definition) is 5. The zero-order valence-electron chi connectivity index (χ0n) is 11.3. The quantitative estimate of drug-likeness (QED) is 0.784. The highest BCUT2D eigenvalue weighted by Gasteiger charge is 2.27. The average molecular weight is 275 g/mol. The lowest BCUT2D eigenvalue weighted by Gasteiger charge is -2.06. The van der Waals surface area contributed by atoms with Gasteiger partial charge in [0.25, 0.3) is 0 Å². The van der Waals surface area contributed by atoms with E-state index in [1.165, 1.54) is 25.5 Å². The fourth-order valence-electron chi connectivity index (χ4n) is 2.06. The lowest BCUT2D eigenvalue weighted by Crippen LogP contribution is -2.16. The molecule has 0 unspecified atom stereocenters. The summed E-state index contributed by atoms with van der Waals surface area (Å²) in [6.45, 7) is 2.54. The maximum absolute atomic E-state index is 11.9. The predicted octanol–water partition coefficient (Wildman–Crippen LogP) is 2.01. The Kier molecular flexibility index (Phi) is 3.56. The van der Waals surface area contributed by atoms with Gasteiger partial charge in [-0.25, -0.2) is 4.79 Å². The van der Waals surface area contributed by atoms with Crippen LogP contribution in [0.5, 0.6) is 5.75 Å². The Hall–Kier alpha value is -2.63. The Morgan fingerprint density at radius 2 is 1.75 bits per heavy atom. The van der Waals surface area contributed by atoms with Crippen LogP contribution in [0, 0.1) is 0 Å². The van der Waals surface area contributed by atoms with Crippen molar-refractivity contribution in [2.75, 3.05) is 7.11 Å². The van der Waals surface area contributed by atoms with Gasteiger partial charge < -0.3 is 9.47 Å². The number of hydrogen-bond donors (Lipinski definition) is 0. The molecule has 104 valence electrons. The zero-order valence-corrected chi connectivity index (χ0v) is 11.3. The van der Waals surface area contributed by atoms with Crippen molar-refractivity contribution in [3.63, 3.8) is 0 Å². The molecule has 0 aliphatic heterocycles. The molecule has 1 aromatic heterocycles. The minimum Gasteiger partial charge on any atom is -0.464 e. The van der Waals surface area contributed by atoms with E-state index in [9.17, 15) is 14.4 Å². The van der Waals surface area contributed by atoms with Gasteiger partial charge in [-0.1, -0.05) is 12.1 Å². The van der Waals surface area contributed by atoms with E-state index in [-0.39, 0.29) is 17.4 Å². The number of esters is 2. The van der Waals surface area contributed by atoms with Crippen LogP contribution in [0.2, 0.25) is 0 Å². The summed E-state index contributed by atoms with van der Waals surface area (Å²) in [6.07, 6.45) is 0. The first-order chi connectivity index (χ1) is 9.47. The number of rotatable bonds is 2. The molecule has 0 saturated carbocycles. The third-order valence-corrected chi connectivity index (χ3v) is 2.77. The standard InChI is InChI=1S/C14H13NO5/c1-8(16)15-11-7-5-4-6-10(11)13(20-9(2)17)12(15)14(18)19-3/h4-7H,1-3H3. The van der Waals surface area contributed by atoms with Gasteiger partial charge in [-0.3, -0.25) is 14.2 Å². The number of aromatic nitrogens is 1. The molecule has 0 atom stereocenters. The number of nitrogens with zero attached hydrogens (tertiary/aromatic N) is 1. The largest absolute Gasteiger partial charge is 0.464 e. The molecule has 20 heavy (non-hydrogen) atoms. The monoisotopic (exact) mass is 275 g/mol. The summed E-state index contributed by atoms with van der Waals surface area (Å²) in [5.74, 6) is -1.66. The van der Waals surface area contributed by atoms with Gasteiger partial charge in [-0.05, 0) is 12.1 Å². The van der Waals surface area contributed by atoms with Gasteiger partial charge >= 0.3 is 11.9 Å². The van der Waals surface area contributed by atoms with Gasteiger partial charge in [0.1, 0.15) is 0 Å². The number of carbonyl (C=O) groups is 3. The summed E-state index contributed by atoms with van der Waals surface area (Å²) >= 11 is 0. The maximum Gasteiger partial charge on any atom is 0.359 e. The summed E-state index contributed by atoms with van der Waals surface area (Å²) in [4.78, 5) is 35.0. The van der Waals surface area contributed by atoms with Gasteiger partial charge in [0, 0.05) is 19.2 Å². The van der Waals surface area contributed by atoms with Crippen molar-refractivity contribution in [1.29, 1.82) is 0 Å². The number of benzene rings is 1. The average Bonchev–Trinajstić information content (AvgIpc) is 2.72. The van der Waals surface area contributed by atoms with Crippen LogP contribution in [0.3, 0.4) is 0 Å².